The van der Waals surface area contributed by atoms with Gasteiger partial charge in [0.25, 0.3) is 5.91 Å². The van der Waals surface area contributed by atoms with E-state index in [9.17, 15) is 18.0 Å². The quantitative estimate of drug-likeness (QED) is 0.797. The lowest BCUT2D eigenvalue weighted by molar-refractivity contribution is -0.137. The fraction of sp³-hybridized carbons (Fsp3) is 0.267. The van der Waals surface area contributed by atoms with Crippen molar-refractivity contribution in [1.82, 2.24) is 9.97 Å². The Morgan fingerprint density at radius 3 is 2.78 bits per heavy atom. The number of halogens is 3. The standard InChI is InChI=1S/C15H12F3N3OS/c1-9-19-5-4-11(20-9)14(22)21-6-7-23-13-3-2-10(8-12(13)21)15(16,17)18/h2-5,8H,6-7H2,1H3. The van der Waals surface area contributed by atoms with E-state index in [0.29, 0.717) is 23.0 Å². The molecule has 1 amide bonds. The molecule has 0 fully saturated rings. The molecule has 23 heavy (non-hydrogen) atoms. The minimum Gasteiger partial charge on any atom is -0.305 e. The summed E-state index contributed by atoms with van der Waals surface area (Å²) in [5, 5.41) is 0. The van der Waals surface area contributed by atoms with Crippen molar-refractivity contribution in [2.75, 3.05) is 17.2 Å². The number of fused-ring (bicyclic) bond motifs is 1. The molecule has 0 spiro atoms. The molecule has 3 rings (SSSR count). The van der Waals surface area contributed by atoms with Gasteiger partial charge in [-0.05, 0) is 31.2 Å². The van der Waals surface area contributed by atoms with Gasteiger partial charge in [-0.15, -0.1) is 11.8 Å². The molecule has 0 saturated heterocycles. The summed E-state index contributed by atoms with van der Waals surface area (Å²) in [6.45, 7) is 1.99. The number of hydrogen-bond donors (Lipinski definition) is 0. The molecule has 4 nitrogen and oxygen atoms in total. The van der Waals surface area contributed by atoms with E-state index in [0.717, 1.165) is 12.1 Å². The number of anilines is 1. The highest BCUT2D eigenvalue weighted by Crippen LogP contribution is 2.40. The van der Waals surface area contributed by atoms with Crippen LogP contribution in [0, 0.1) is 6.92 Å². The number of aromatic nitrogens is 2. The predicted octanol–water partition coefficient (Wildman–Crippen LogP) is 3.56. The van der Waals surface area contributed by atoms with E-state index in [-0.39, 0.29) is 11.4 Å². The van der Waals surface area contributed by atoms with Crippen LogP contribution >= 0.6 is 11.8 Å². The predicted molar refractivity (Wildman–Crippen MR) is 80.6 cm³/mol. The molecular formula is C15H12F3N3OS. The second-order valence-electron chi connectivity index (χ2n) is 4.97. The van der Waals surface area contributed by atoms with Gasteiger partial charge in [0.1, 0.15) is 11.5 Å². The van der Waals surface area contributed by atoms with E-state index in [1.54, 1.807) is 6.92 Å². The Hall–Kier alpha value is -2.09. The summed E-state index contributed by atoms with van der Waals surface area (Å²) < 4.78 is 38.8. The van der Waals surface area contributed by atoms with Crippen molar-refractivity contribution in [2.24, 2.45) is 0 Å². The summed E-state index contributed by atoms with van der Waals surface area (Å²) >= 11 is 1.43. The van der Waals surface area contributed by atoms with Crippen LogP contribution in [0.2, 0.25) is 0 Å². The van der Waals surface area contributed by atoms with Gasteiger partial charge in [-0.25, -0.2) is 9.97 Å². The first-order valence-electron chi connectivity index (χ1n) is 6.82. The average Bonchev–Trinajstić information content (AvgIpc) is 2.52. The van der Waals surface area contributed by atoms with Gasteiger partial charge in [-0.2, -0.15) is 13.2 Å². The first kappa shape index (κ1) is 15.8. The molecule has 0 bridgehead atoms. The molecule has 2 aromatic rings. The van der Waals surface area contributed by atoms with E-state index in [2.05, 4.69) is 9.97 Å². The molecule has 0 atom stereocenters. The van der Waals surface area contributed by atoms with Crippen molar-refractivity contribution in [1.29, 1.82) is 0 Å². The summed E-state index contributed by atoms with van der Waals surface area (Å²) in [5.41, 5.74) is -0.319. The van der Waals surface area contributed by atoms with Crippen LogP contribution in [-0.2, 0) is 6.18 Å². The van der Waals surface area contributed by atoms with Crippen molar-refractivity contribution in [3.05, 3.63) is 47.5 Å². The lowest BCUT2D eigenvalue weighted by Gasteiger charge is -2.29. The molecule has 1 aliphatic heterocycles. The molecular weight excluding hydrogens is 327 g/mol. The van der Waals surface area contributed by atoms with E-state index in [1.807, 2.05) is 0 Å². The summed E-state index contributed by atoms with van der Waals surface area (Å²) in [7, 11) is 0. The highest BCUT2D eigenvalue weighted by Gasteiger charge is 2.33. The first-order chi connectivity index (χ1) is 10.9. The summed E-state index contributed by atoms with van der Waals surface area (Å²) in [4.78, 5) is 22.6. The molecule has 0 N–H and O–H groups in total. The van der Waals surface area contributed by atoms with Crippen LogP contribution in [0.4, 0.5) is 18.9 Å². The average molecular weight is 339 g/mol. The highest BCUT2D eigenvalue weighted by atomic mass is 32.2. The molecule has 1 aromatic heterocycles. The molecule has 2 heterocycles. The fourth-order valence-corrected chi connectivity index (χ4v) is 3.29. The molecule has 0 radical (unpaired) electrons. The number of nitrogens with zero attached hydrogens (tertiary/aromatic N) is 3. The van der Waals surface area contributed by atoms with E-state index >= 15 is 0 Å². The second-order valence-corrected chi connectivity index (χ2v) is 6.11. The van der Waals surface area contributed by atoms with Crippen molar-refractivity contribution >= 4 is 23.4 Å². The molecule has 0 aliphatic carbocycles. The van der Waals surface area contributed by atoms with Crippen LogP contribution in [0.25, 0.3) is 0 Å². The van der Waals surface area contributed by atoms with Gasteiger partial charge in [-0.1, -0.05) is 0 Å². The lowest BCUT2D eigenvalue weighted by Crippen LogP contribution is -2.36. The van der Waals surface area contributed by atoms with Crippen LogP contribution in [0.15, 0.2) is 35.4 Å². The number of thioether (sulfide) groups is 1. The number of aryl methyl sites for hydroxylation is 1. The lowest BCUT2D eigenvalue weighted by atomic mass is 10.1. The van der Waals surface area contributed by atoms with E-state index in [4.69, 9.17) is 0 Å². The van der Waals surface area contributed by atoms with Gasteiger partial charge < -0.3 is 4.90 Å². The second kappa shape index (κ2) is 5.84. The molecule has 8 heteroatoms. The number of hydrogen-bond acceptors (Lipinski definition) is 4. The smallest absolute Gasteiger partial charge is 0.305 e. The maximum atomic E-state index is 12.9. The zero-order valence-electron chi connectivity index (χ0n) is 12.1. The van der Waals surface area contributed by atoms with Crippen molar-refractivity contribution in [2.45, 2.75) is 18.0 Å². The largest absolute Gasteiger partial charge is 0.416 e. The van der Waals surface area contributed by atoms with E-state index in [1.165, 1.54) is 35.0 Å². The maximum Gasteiger partial charge on any atom is 0.416 e. The number of benzene rings is 1. The van der Waals surface area contributed by atoms with Gasteiger partial charge in [0, 0.05) is 23.4 Å². The number of rotatable bonds is 1. The Bertz CT molecular complexity index is 764. The van der Waals surface area contributed by atoms with Gasteiger partial charge in [0.05, 0.1) is 11.3 Å². The van der Waals surface area contributed by atoms with Gasteiger partial charge in [0.2, 0.25) is 0 Å². The number of amides is 1. The minimum atomic E-state index is -4.45. The Balaban J connectivity index is 2.02. The van der Waals surface area contributed by atoms with Crippen LogP contribution in [0.3, 0.4) is 0 Å². The van der Waals surface area contributed by atoms with Crippen molar-refractivity contribution in [3.63, 3.8) is 0 Å². The number of carbonyl (C=O) groups excluding carboxylic acids is 1. The van der Waals surface area contributed by atoms with Crippen LogP contribution < -0.4 is 4.90 Å². The Morgan fingerprint density at radius 2 is 2.09 bits per heavy atom. The normalized spacial score (nSPS) is 14.5. The zero-order valence-corrected chi connectivity index (χ0v) is 12.9. The number of carbonyl (C=O) groups is 1. The molecule has 1 aliphatic rings. The Kier molecular flexibility index (Phi) is 4.01. The summed E-state index contributed by atoms with van der Waals surface area (Å²) in [6.07, 6.45) is -2.99. The van der Waals surface area contributed by atoms with E-state index < -0.39 is 17.6 Å². The minimum absolute atomic E-state index is 0.174. The number of alkyl halides is 3. The van der Waals surface area contributed by atoms with Gasteiger partial charge >= 0.3 is 6.18 Å². The van der Waals surface area contributed by atoms with Crippen molar-refractivity contribution in [3.8, 4) is 0 Å². The molecule has 0 saturated carbocycles. The Labute approximate surface area is 134 Å². The third-order valence-electron chi connectivity index (χ3n) is 3.39. The Morgan fingerprint density at radius 1 is 1.30 bits per heavy atom. The monoisotopic (exact) mass is 339 g/mol. The molecule has 1 aromatic carbocycles. The van der Waals surface area contributed by atoms with Gasteiger partial charge in [0.15, 0.2) is 0 Å². The van der Waals surface area contributed by atoms with Crippen LogP contribution in [-0.4, -0.2) is 28.2 Å². The third-order valence-corrected chi connectivity index (χ3v) is 4.43. The first-order valence-corrected chi connectivity index (χ1v) is 7.80. The summed E-state index contributed by atoms with van der Waals surface area (Å²) in [5.74, 6) is 0.636. The zero-order chi connectivity index (χ0) is 16.6. The highest BCUT2D eigenvalue weighted by molar-refractivity contribution is 7.99. The van der Waals surface area contributed by atoms with Gasteiger partial charge in [-0.3, -0.25) is 4.79 Å². The third kappa shape index (κ3) is 3.17. The fourth-order valence-electron chi connectivity index (χ4n) is 2.32. The topological polar surface area (TPSA) is 46.1 Å². The molecule has 120 valence electrons. The molecule has 0 unspecified atom stereocenters. The van der Waals surface area contributed by atoms with Crippen molar-refractivity contribution < 1.29 is 18.0 Å². The van der Waals surface area contributed by atoms with Crippen LogP contribution in [0.1, 0.15) is 21.9 Å². The van der Waals surface area contributed by atoms with Crippen LogP contribution in [0.5, 0.6) is 0 Å². The SMILES string of the molecule is Cc1nccc(C(=O)N2CCSc3ccc(C(F)(F)F)cc32)n1. The maximum absolute atomic E-state index is 12.9. The summed E-state index contributed by atoms with van der Waals surface area (Å²) in [6, 6.07) is 4.93.